The Morgan fingerprint density at radius 1 is 1.02 bits per heavy atom. The van der Waals surface area contributed by atoms with E-state index in [0.717, 1.165) is 43.2 Å². The van der Waals surface area contributed by atoms with Gasteiger partial charge in [0, 0.05) is 18.3 Å². The maximum atomic E-state index is 14.0. The number of aryl methyl sites for hydroxylation is 2. The van der Waals surface area contributed by atoms with Crippen LogP contribution in [-0.4, -0.2) is 60.1 Å². The summed E-state index contributed by atoms with van der Waals surface area (Å²) in [7, 11) is -0.604. The molecule has 2 heterocycles. The summed E-state index contributed by atoms with van der Waals surface area (Å²) in [5.41, 5.74) is 2.57. The molecular weight excluding hydrogens is 579 g/mol. The topological polar surface area (TPSA) is 119 Å². The van der Waals surface area contributed by atoms with E-state index in [2.05, 4.69) is 62.5 Å². The number of carbonyl (C=O) groups is 3. The van der Waals surface area contributed by atoms with Gasteiger partial charge in [-0.1, -0.05) is 64.8 Å². The molecular formula is C36H51BN4O5. The van der Waals surface area contributed by atoms with Crippen molar-refractivity contribution in [2.24, 2.45) is 23.2 Å². The molecule has 6 atom stereocenters. The number of nitrogens with one attached hydrogen (secondary N) is 3. The molecule has 0 spiro atoms. The van der Waals surface area contributed by atoms with Crippen LogP contribution in [-0.2, 0) is 20.5 Å². The molecule has 4 aliphatic rings. The minimum Gasteiger partial charge on any atom is -0.404 e. The van der Waals surface area contributed by atoms with Crippen LogP contribution in [0.1, 0.15) is 106 Å². The smallest absolute Gasteiger partial charge is 0.404 e. The summed E-state index contributed by atoms with van der Waals surface area (Å²) in [6.45, 7) is 15.0. The second-order valence-electron chi connectivity index (χ2n) is 14.8. The molecule has 9 nitrogen and oxygen atoms in total. The first-order chi connectivity index (χ1) is 21.8. The molecule has 1 aliphatic heterocycles. The lowest BCUT2D eigenvalue weighted by molar-refractivity contribution is -0.199. The van der Waals surface area contributed by atoms with Crippen LogP contribution < -0.4 is 16.0 Å². The van der Waals surface area contributed by atoms with Crippen LogP contribution in [0.5, 0.6) is 0 Å². The number of hydrogen-bond donors (Lipinski definition) is 3. The van der Waals surface area contributed by atoms with E-state index >= 15 is 0 Å². The lowest BCUT2D eigenvalue weighted by Gasteiger charge is -2.64. The zero-order valence-corrected chi connectivity index (χ0v) is 28.5. The molecule has 0 unspecified atom stereocenters. The highest BCUT2D eigenvalue weighted by atomic mass is 16.7. The number of unbranched alkanes of at least 4 members (excludes halogenated alkanes) is 1. The van der Waals surface area contributed by atoms with Crippen LogP contribution in [0.15, 0.2) is 42.6 Å². The van der Waals surface area contributed by atoms with Crippen molar-refractivity contribution in [1.29, 1.82) is 0 Å². The molecule has 4 fully saturated rings. The van der Waals surface area contributed by atoms with Crippen molar-refractivity contribution in [1.82, 2.24) is 20.9 Å². The van der Waals surface area contributed by atoms with E-state index in [-0.39, 0.29) is 35.6 Å². The molecule has 10 heteroatoms. The second kappa shape index (κ2) is 13.9. The minimum atomic E-state index is -1.05. The molecule has 3 aliphatic carbocycles. The summed E-state index contributed by atoms with van der Waals surface area (Å²) in [5, 5.41) is 8.83. The average Bonchev–Trinajstić information content (AvgIpc) is 3.39. The van der Waals surface area contributed by atoms with Crippen molar-refractivity contribution < 1.29 is 23.7 Å². The van der Waals surface area contributed by atoms with E-state index in [9.17, 15) is 14.4 Å². The molecule has 3 saturated carbocycles. The number of nitrogens with zero attached hydrogens (tertiary/aromatic N) is 1. The van der Waals surface area contributed by atoms with Gasteiger partial charge in [0.2, 0.25) is 5.91 Å². The van der Waals surface area contributed by atoms with Crippen LogP contribution in [0.2, 0.25) is 0 Å². The summed E-state index contributed by atoms with van der Waals surface area (Å²) in [6.07, 6.45) is 7.42. The fourth-order valence-electron chi connectivity index (χ4n) is 7.63. The van der Waals surface area contributed by atoms with Crippen molar-refractivity contribution in [3.05, 3.63) is 65.0 Å². The molecule has 3 N–H and O–H groups in total. The van der Waals surface area contributed by atoms with Gasteiger partial charge in [-0.2, -0.15) is 0 Å². The van der Waals surface area contributed by atoms with Crippen molar-refractivity contribution in [3.8, 4) is 0 Å². The summed E-state index contributed by atoms with van der Waals surface area (Å²) < 4.78 is 13.3. The van der Waals surface area contributed by atoms with E-state index in [4.69, 9.17) is 9.31 Å². The molecule has 1 aromatic heterocycles. The third-order valence-corrected chi connectivity index (χ3v) is 10.6. The third-order valence-electron chi connectivity index (χ3n) is 10.6. The molecule has 2 aromatic rings. The fraction of sp³-hybridized carbons (Fsp3) is 0.611. The number of pyridine rings is 1. The second-order valence-corrected chi connectivity index (χ2v) is 14.8. The Morgan fingerprint density at radius 2 is 1.76 bits per heavy atom. The van der Waals surface area contributed by atoms with Gasteiger partial charge in [-0.3, -0.25) is 19.4 Å². The maximum Gasteiger partial charge on any atom is 0.481 e. The number of benzene rings is 1. The van der Waals surface area contributed by atoms with Crippen LogP contribution in [0.25, 0.3) is 0 Å². The normalized spacial score (nSPS) is 25.7. The van der Waals surface area contributed by atoms with Gasteiger partial charge in [0.05, 0.1) is 17.6 Å². The number of hydrogen-bond acceptors (Lipinski definition) is 6. The zero-order valence-electron chi connectivity index (χ0n) is 28.5. The fourth-order valence-corrected chi connectivity index (χ4v) is 7.63. The molecule has 46 heavy (non-hydrogen) atoms. The highest BCUT2D eigenvalue weighted by Crippen LogP contribution is 2.65. The zero-order chi connectivity index (χ0) is 33.2. The standard InChI is InChI=1S/C36H51BN4O5/c1-8-9-10-24-13-16-27(38-20-24)33(43)40-28(21-39-32(42)25-14-11-23(4)12-15-25)34(44)41-31(17-22(2)3)37-45-30-19-26-18-29(35(26,5)6)36(30,7)46-37/h11-16,20,22,26,28-31H,8-10,17-19,21H2,1-7H3,(H,39,42)(H,40,43)(H,41,44)/t26-,28+,29+,30-,31+,36+/m1/s1. The number of aromatic nitrogens is 1. The Bertz CT molecular complexity index is 1400. The Labute approximate surface area is 274 Å². The lowest BCUT2D eigenvalue weighted by atomic mass is 9.43. The molecule has 6 rings (SSSR count). The molecule has 3 amide bonds. The Morgan fingerprint density at radius 3 is 2.39 bits per heavy atom. The molecule has 1 saturated heterocycles. The summed E-state index contributed by atoms with van der Waals surface area (Å²) in [6, 6.07) is 9.71. The highest BCUT2D eigenvalue weighted by molar-refractivity contribution is 6.48. The summed E-state index contributed by atoms with van der Waals surface area (Å²) in [5.74, 6) is -0.400. The first-order valence-electron chi connectivity index (χ1n) is 17.1. The quantitative estimate of drug-likeness (QED) is 0.267. The number of amides is 3. The van der Waals surface area contributed by atoms with Crippen LogP contribution >= 0.6 is 0 Å². The maximum absolute atomic E-state index is 14.0. The van der Waals surface area contributed by atoms with E-state index in [1.165, 1.54) is 0 Å². The van der Waals surface area contributed by atoms with Gasteiger partial charge in [0.1, 0.15) is 11.7 Å². The first-order valence-corrected chi connectivity index (χ1v) is 17.1. The lowest BCUT2D eigenvalue weighted by Crippen LogP contribution is -2.65. The van der Waals surface area contributed by atoms with Gasteiger partial charge in [0.25, 0.3) is 11.8 Å². The largest absolute Gasteiger partial charge is 0.481 e. The predicted molar refractivity (Wildman–Crippen MR) is 179 cm³/mol. The van der Waals surface area contributed by atoms with E-state index in [1.54, 1.807) is 24.4 Å². The third kappa shape index (κ3) is 7.18. The van der Waals surface area contributed by atoms with Gasteiger partial charge in [-0.25, -0.2) is 0 Å². The van der Waals surface area contributed by atoms with Gasteiger partial charge in [0.15, 0.2) is 0 Å². The van der Waals surface area contributed by atoms with Gasteiger partial charge in [-0.15, -0.1) is 0 Å². The molecule has 0 radical (unpaired) electrons. The van der Waals surface area contributed by atoms with Crippen molar-refractivity contribution in [2.45, 2.75) is 111 Å². The van der Waals surface area contributed by atoms with Crippen LogP contribution in [0, 0.1) is 30.1 Å². The highest BCUT2D eigenvalue weighted by Gasteiger charge is 2.68. The van der Waals surface area contributed by atoms with E-state index in [1.807, 2.05) is 25.1 Å². The van der Waals surface area contributed by atoms with Gasteiger partial charge in [-0.05, 0) is 92.9 Å². The molecule has 248 valence electrons. The average molecular weight is 631 g/mol. The molecule has 2 bridgehead atoms. The first kappa shape index (κ1) is 34.1. The predicted octanol–water partition coefficient (Wildman–Crippen LogP) is 5.06. The summed E-state index contributed by atoms with van der Waals surface area (Å²) >= 11 is 0. The number of carbonyl (C=O) groups excluding carboxylic acids is 3. The molecule has 1 aromatic carbocycles. The monoisotopic (exact) mass is 630 g/mol. The SMILES string of the molecule is CCCCc1ccc(C(=O)N[C@@H](CNC(=O)c2ccc(C)cc2)C(=O)N[C@@H](CC(C)C)B2O[C@@H]3C[C@H]4C[C@@H](C4(C)C)[C@]3(C)O2)nc1. The van der Waals surface area contributed by atoms with E-state index < -0.39 is 36.5 Å². The van der Waals surface area contributed by atoms with Crippen molar-refractivity contribution in [2.75, 3.05) is 6.54 Å². The van der Waals surface area contributed by atoms with Crippen LogP contribution in [0.4, 0.5) is 0 Å². The summed E-state index contributed by atoms with van der Waals surface area (Å²) in [4.78, 5) is 44.7. The van der Waals surface area contributed by atoms with E-state index in [0.29, 0.717) is 23.8 Å². The minimum absolute atomic E-state index is 0.0171. The van der Waals surface area contributed by atoms with Gasteiger partial charge >= 0.3 is 7.12 Å². The van der Waals surface area contributed by atoms with Crippen LogP contribution in [0.3, 0.4) is 0 Å². The Hall–Kier alpha value is -3.24. The Kier molecular flexibility index (Phi) is 10.3. The van der Waals surface area contributed by atoms with Crippen molar-refractivity contribution in [3.63, 3.8) is 0 Å². The number of rotatable bonds is 13. The van der Waals surface area contributed by atoms with Gasteiger partial charge < -0.3 is 25.3 Å². The Balaban J connectivity index is 1.31. The van der Waals surface area contributed by atoms with Crippen molar-refractivity contribution >= 4 is 24.8 Å².